The Morgan fingerprint density at radius 3 is 2.80 bits per heavy atom. The number of ether oxygens (including phenoxy) is 1. The van der Waals surface area contributed by atoms with E-state index in [4.69, 9.17) is 10.5 Å². The molecule has 1 aliphatic rings. The van der Waals surface area contributed by atoms with Gasteiger partial charge in [0.25, 0.3) is 0 Å². The molecule has 0 saturated carbocycles. The van der Waals surface area contributed by atoms with E-state index in [9.17, 15) is 4.79 Å². The molecular formula is C10H21N3O2. The molecule has 0 radical (unpaired) electrons. The number of morpholine rings is 1. The van der Waals surface area contributed by atoms with Crippen LogP contribution in [0.4, 0.5) is 0 Å². The highest BCUT2D eigenvalue weighted by molar-refractivity contribution is 5.76. The molecule has 1 heterocycles. The summed E-state index contributed by atoms with van der Waals surface area (Å²) < 4.78 is 5.23. The zero-order valence-electron chi connectivity index (χ0n) is 9.37. The number of hydrogen-bond donors (Lipinski definition) is 2. The number of nitrogens with zero attached hydrogens (tertiary/aromatic N) is 1. The Morgan fingerprint density at radius 1 is 1.53 bits per heavy atom. The van der Waals surface area contributed by atoms with Gasteiger partial charge in [0.2, 0.25) is 5.91 Å². The Balaban J connectivity index is 2.05. The van der Waals surface area contributed by atoms with Crippen LogP contribution in [0.2, 0.25) is 0 Å². The number of nitrogens with two attached hydrogens (primary N) is 1. The second-order valence-electron chi connectivity index (χ2n) is 3.99. The third kappa shape index (κ3) is 5.71. The molecule has 3 N–H and O–H groups in total. The highest BCUT2D eigenvalue weighted by atomic mass is 16.5. The van der Waals surface area contributed by atoms with Crippen LogP contribution >= 0.6 is 0 Å². The van der Waals surface area contributed by atoms with Gasteiger partial charge in [-0.05, 0) is 6.92 Å². The van der Waals surface area contributed by atoms with E-state index in [1.54, 1.807) is 0 Å². The minimum absolute atomic E-state index is 0.0253. The van der Waals surface area contributed by atoms with E-state index in [2.05, 4.69) is 10.2 Å². The van der Waals surface area contributed by atoms with Crippen molar-refractivity contribution < 1.29 is 9.53 Å². The third-order valence-electron chi connectivity index (χ3n) is 2.38. The van der Waals surface area contributed by atoms with E-state index in [1.165, 1.54) is 0 Å². The summed E-state index contributed by atoms with van der Waals surface area (Å²) in [7, 11) is 0. The van der Waals surface area contributed by atoms with Gasteiger partial charge in [0.1, 0.15) is 0 Å². The lowest BCUT2D eigenvalue weighted by atomic mass is 10.3. The highest BCUT2D eigenvalue weighted by Crippen LogP contribution is 1.97. The van der Waals surface area contributed by atoms with Crippen LogP contribution in [-0.2, 0) is 9.53 Å². The number of rotatable bonds is 5. The van der Waals surface area contributed by atoms with Crippen molar-refractivity contribution in [2.24, 2.45) is 5.73 Å². The fraction of sp³-hybridized carbons (Fsp3) is 0.900. The zero-order chi connectivity index (χ0) is 11.1. The van der Waals surface area contributed by atoms with E-state index >= 15 is 0 Å². The number of carbonyl (C=O) groups excluding carboxylic acids is 1. The average molecular weight is 215 g/mol. The second kappa shape index (κ2) is 6.76. The predicted molar refractivity (Wildman–Crippen MR) is 58.5 cm³/mol. The van der Waals surface area contributed by atoms with Crippen molar-refractivity contribution in [1.29, 1.82) is 0 Å². The summed E-state index contributed by atoms with van der Waals surface area (Å²) in [5.74, 6) is 0.0822. The van der Waals surface area contributed by atoms with E-state index in [0.717, 1.165) is 32.8 Å². The van der Waals surface area contributed by atoms with Crippen LogP contribution in [0.3, 0.4) is 0 Å². The zero-order valence-corrected chi connectivity index (χ0v) is 9.37. The summed E-state index contributed by atoms with van der Waals surface area (Å²) in [6, 6.07) is 0.0253. The Bertz CT molecular complexity index is 191. The molecule has 88 valence electrons. The highest BCUT2D eigenvalue weighted by Gasteiger charge is 2.11. The molecule has 1 rings (SSSR count). The van der Waals surface area contributed by atoms with Crippen molar-refractivity contribution >= 4 is 5.91 Å². The van der Waals surface area contributed by atoms with Crippen molar-refractivity contribution in [3.8, 4) is 0 Å². The van der Waals surface area contributed by atoms with Gasteiger partial charge in [0.15, 0.2) is 0 Å². The fourth-order valence-corrected chi connectivity index (χ4v) is 1.45. The van der Waals surface area contributed by atoms with Gasteiger partial charge in [-0.3, -0.25) is 9.69 Å². The quantitative estimate of drug-likeness (QED) is 0.628. The number of nitrogens with one attached hydrogen (secondary N) is 1. The van der Waals surface area contributed by atoms with Gasteiger partial charge >= 0.3 is 0 Å². The summed E-state index contributed by atoms with van der Waals surface area (Å²) in [6.45, 7) is 6.67. The number of amides is 1. The van der Waals surface area contributed by atoms with Gasteiger partial charge < -0.3 is 15.8 Å². The summed E-state index contributed by atoms with van der Waals surface area (Å²) in [6.07, 6.45) is 0.548. The maximum atomic E-state index is 11.4. The van der Waals surface area contributed by atoms with Crippen molar-refractivity contribution in [1.82, 2.24) is 10.2 Å². The monoisotopic (exact) mass is 215 g/mol. The van der Waals surface area contributed by atoms with Crippen molar-refractivity contribution in [2.75, 3.05) is 39.4 Å². The Hall–Kier alpha value is -0.650. The molecule has 15 heavy (non-hydrogen) atoms. The van der Waals surface area contributed by atoms with Crippen LogP contribution in [0.1, 0.15) is 13.3 Å². The van der Waals surface area contributed by atoms with Gasteiger partial charge in [-0.15, -0.1) is 0 Å². The largest absolute Gasteiger partial charge is 0.379 e. The maximum Gasteiger partial charge on any atom is 0.221 e. The number of hydrogen-bond acceptors (Lipinski definition) is 4. The molecular weight excluding hydrogens is 194 g/mol. The molecule has 1 unspecified atom stereocenters. The van der Waals surface area contributed by atoms with Gasteiger partial charge in [-0.25, -0.2) is 0 Å². The molecule has 5 heteroatoms. The molecule has 1 fully saturated rings. The Kier molecular flexibility index (Phi) is 5.60. The maximum absolute atomic E-state index is 11.4. The molecule has 1 amide bonds. The first-order chi connectivity index (χ1) is 7.18. The molecule has 1 aliphatic heterocycles. The molecule has 5 nitrogen and oxygen atoms in total. The molecule has 0 aromatic heterocycles. The van der Waals surface area contributed by atoms with Crippen molar-refractivity contribution in [3.63, 3.8) is 0 Å². The van der Waals surface area contributed by atoms with Crippen LogP contribution in [0.5, 0.6) is 0 Å². The number of carbonyl (C=O) groups is 1. The molecule has 0 aliphatic carbocycles. The lowest BCUT2D eigenvalue weighted by Gasteiger charge is -2.26. The Labute approximate surface area is 90.9 Å². The van der Waals surface area contributed by atoms with Crippen LogP contribution < -0.4 is 11.1 Å². The molecule has 0 aromatic rings. The first kappa shape index (κ1) is 12.4. The summed E-state index contributed by atoms with van der Waals surface area (Å²) >= 11 is 0. The van der Waals surface area contributed by atoms with Gasteiger partial charge in [-0.1, -0.05) is 0 Å². The van der Waals surface area contributed by atoms with Gasteiger partial charge in [0.05, 0.1) is 13.2 Å². The lowest BCUT2D eigenvalue weighted by molar-refractivity contribution is -0.121. The summed E-state index contributed by atoms with van der Waals surface area (Å²) in [5, 5.41) is 2.80. The fourth-order valence-electron chi connectivity index (χ4n) is 1.45. The smallest absolute Gasteiger partial charge is 0.221 e. The average Bonchev–Trinajstić information content (AvgIpc) is 2.25. The first-order valence-electron chi connectivity index (χ1n) is 5.51. The molecule has 0 bridgehead atoms. The van der Waals surface area contributed by atoms with Gasteiger partial charge in [0, 0.05) is 38.6 Å². The normalized spacial score (nSPS) is 19.9. The molecule has 0 spiro atoms. The molecule has 1 saturated heterocycles. The van der Waals surface area contributed by atoms with Crippen LogP contribution in [0, 0.1) is 0 Å². The van der Waals surface area contributed by atoms with Gasteiger partial charge in [-0.2, -0.15) is 0 Å². The third-order valence-corrected chi connectivity index (χ3v) is 2.38. The van der Waals surface area contributed by atoms with Crippen LogP contribution in [0.25, 0.3) is 0 Å². The molecule has 0 aromatic carbocycles. The second-order valence-corrected chi connectivity index (χ2v) is 3.99. The van der Waals surface area contributed by atoms with E-state index in [-0.39, 0.29) is 11.9 Å². The minimum atomic E-state index is 0.0253. The van der Waals surface area contributed by atoms with Crippen LogP contribution in [0.15, 0.2) is 0 Å². The Morgan fingerprint density at radius 2 is 2.20 bits per heavy atom. The summed E-state index contributed by atoms with van der Waals surface area (Å²) in [4.78, 5) is 13.6. The SMILES string of the molecule is CC(N)CNC(=O)CCN1CCOCC1. The predicted octanol–water partition coefficient (Wildman–Crippen LogP) is -0.828. The van der Waals surface area contributed by atoms with E-state index in [0.29, 0.717) is 13.0 Å². The van der Waals surface area contributed by atoms with Crippen molar-refractivity contribution in [2.45, 2.75) is 19.4 Å². The minimum Gasteiger partial charge on any atom is -0.379 e. The van der Waals surface area contributed by atoms with E-state index < -0.39 is 0 Å². The lowest BCUT2D eigenvalue weighted by Crippen LogP contribution is -2.40. The summed E-state index contributed by atoms with van der Waals surface area (Å²) in [5.41, 5.74) is 5.54. The standard InChI is InChI=1S/C10H21N3O2/c1-9(11)8-12-10(14)2-3-13-4-6-15-7-5-13/h9H,2-8,11H2,1H3,(H,12,14). The van der Waals surface area contributed by atoms with Crippen LogP contribution in [-0.4, -0.2) is 56.2 Å². The first-order valence-corrected chi connectivity index (χ1v) is 5.51. The molecule has 1 atom stereocenters. The topological polar surface area (TPSA) is 67.6 Å². The van der Waals surface area contributed by atoms with E-state index in [1.807, 2.05) is 6.92 Å². The van der Waals surface area contributed by atoms with Crippen molar-refractivity contribution in [3.05, 3.63) is 0 Å².